The van der Waals surface area contributed by atoms with Crippen LogP contribution >= 0.6 is 0 Å². The number of nitrogens with zero attached hydrogens (tertiary/aromatic N) is 6. The van der Waals surface area contributed by atoms with Gasteiger partial charge in [-0.25, -0.2) is 0 Å². The van der Waals surface area contributed by atoms with Gasteiger partial charge < -0.3 is 25.6 Å². The second kappa shape index (κ2) is 25.4. The first-order valence-electron chi connectivity index (χ1n) is 21.6. The largest absolute Gasteiger partial charge is 0.492 e. The zero-order valence-electron chi connectivity index (χ0n) is 35.6. The number of benzene rings is 2. The number of para-hydroxylation sites is 2. The molecule has 2 atom stereocenters. The van der Waals surface area contributed by atoms with Gasteiger partial charge in [-0.15, -0.1) is 0 Å². The van der Waals surface area contributed by atoms with Gasteiger partial charge in [-0.3, -0.25) is 39.3 Å². The van der Waals surface area contributed by atoms with E-state index < -0.39 is 5.97 Å². The number of carbonyl (C=O) groups excluding carboxylic acids is 1. The van der Waals surface area contributed by atoms with Crippen LogP contribution in [-0.4, -0.2) is 99.2 Å². The average Bonchev–Trinajstić information content (AvgIpc) is 3.35. The molecule has 6 aromatic rings. The summed E-state index contributed by atoms with van der Waals surface area (Å²) in [7, 11) is 0. The number of piperidine rings is 2. The standard InChI is InChI=1S/C25H28N4O2.C14H19NO3.C11H11N3/c30-25(28-24(20-9-14-26-15-10-20)23-8-4-5-13-27-23)21-11-16-29(17-12-21)18-19-31-22-6-2-1-3-7-22;16-14(17)12-6-8-15(9-7-12)10-11-18-13-4-2-1-3-5-13;12-11(9-4-7-13-8-5-9)10-3-1-2-6-14-10/h1-10,13-15,21,24H,11-12,16-19H2,(H,28,30);1-5,12H,6-11H2,(H,16,17);1-8,11H,12H2. The van der Waals surface area contributed by atoms with Crippen molar-refractivity contribution in [3.63, 3.8) is 0 Å². The van der Waals surface area contributed by atoms with E-state index in [1.807, 2.05) is 121 Å². The minimum atomic E-state index is -0.657. The molecular formula is C50H58N8O5. The quantitative estimate of drug-likeness (QED) is 0.0984. The molecule has 0 saturated carbocycles. The maximum atomic E-state index is 13.1. The molecule has 63 heavy (non-hydrogen) atoms. The first-order valence-corrected chi connectivity index (χ1v) is 21.6. The third-order valence-corrected chi connectivity index (χ3v) is 11.1. The molecule has 0 spiro atoms. The van der Waals surface area contributed by atoms with Crippen LogP contribution in [0.3, 0.4) is 0 Å². The summed E-state index contributed by atoms with van der Waals surface area (Å²) in [5.74, 6) is 1.07. The number of carbonyl (C=O) groups is 2. The Bertz CT molecular complexity index is 2080. The summed E-state index contributed by atoms with van der Waals surface area (Å²) >= 11 is 0. The zero-order chi connectivity index (χ0) is 43.9. The lowest BCUT2D eigenvalue weighted by Gasteiger charge is -2.32. The van der Waals surface area contributed by atoms with Crippen molar-refractivity contribution >= 4 is 11.9 Å². The van der Waals surface area contributed by atoms with Gasteiger partial charge in [-0.2, -0.15) is 0 Å². The van der Waals surface area contributed by atoms with Gasteiger partial charge in [0, 0.05) is 56.2 Å². The van der Waals surface area contributed by atoms with Crippen molar-refractivity contribution in [1.29, 1.82) is 0 Å². The lowest BCUT2D eigenvalue weighted by atomic mass is 9.94. The molecule has 1 amide bonds. The van der Waals surface area contributed by atoms with Crippen LogP contribution in [0, 0.1) is 11.8 Å². The molecule has 0 aliphatic carbocycles. The fourth-order valence-corrected chi connectivity index (χ4v) is 7.43. The number of carboxylic acids is 1. The maximum absolute atomic E-state index is 13.1. The lowest BCUT2D eigenvalue weighted by molar-refractivity contribution is -0.143. The predicted octanol–water partition coefficient (Wildman–Crippen LogP) is 6.86. The number of likely N-dealkylation sites (tertiary alicyclic amines) is 2. The van der Waals surface area contributed by atoms with Crippen LogP contribution in [-0.2, 0) is 9.59 Å². The summed E-state index contributed by atoms with van der Waals surface area (Å²) in [6, 6.07) is 38.3. The molecule has 2 aromatic carbocycles. The van der Waals surface area contributed by atoms with Crippen LogP contribution in [0.5, 0.6) is 11.5 Å². The van der Waals surface area contributed by atoms with Crippen LogP contribution in [0.4, 0.5) is 0 Å². The Balaban J connectivity index is 0.000000174. The van der Waals surface area contributed by atoms with Gasteiger partial charge >= 0.3 is 5.97 Å². The molecule has 2 fully saturated rings. The van der Waals surface area contributed by atoms with E-state index in [2.05, 4.69) is 35.1 Å². The molecular weight excluding hydrogens is 793 g/mol. The second-order valence-corrected chi connectivity index (χ2v) is 15.4. The molecule has 2 aliphatic rings. The van der Waals surface area contributed by atoms with E-state index in [1.54, 1.807) is 37.2 Å². The smallest absolute Gasteiger partial charge is 0.306 e. The summed E-state index contributed by atoms with van der Waals surface area (Å²) in [6.45, 7) is 6.56. The van der Waals surface area contributed by atoms with Crippen molar-refractivity contribution in [2.24, 2.45) is 17.6 Å². The van der Waals surface area contributed by atoms with Gasteiger partial charge in [0.1, 0.15) is 24.7 Å². The van der Waals surface area contributed by atoms with E-state index in [0.717, 1.165) is 99.0 Å². The zero-order valence-corrected chi connectivity index (χ0v) is 35.6. The van der Waals surface area contributed by atoms with Gasteiger partial charge in [-0.1, -0.05) is 48.5 Å². The third kappa shape index (κ3) is 15.4. The molecule has 8 rings (SSSR count). The van der Waals surface area contributed by atoms with E-state index >= 15 is 0 Å². The SMILES string of the molecule is NC(c1ccncc1)c1ccccn1.O=C(NC(c1ccncc1)c1ccccn1)C1CCN(CCOc2ccccc2)CC1.O=C(O)C1CCN(CCOc2ccccc2)CC1. The fourth-order valence-electron chi connectivity index (χ4n) is 7.43. The van der Waals surface area contributed by atoms with Crippen LogP contribution in [0.1, 0.15) is 60.3 Å². The van der Waals surface area contributed by atoms with E-state index in [1.165, 1.54) is 0 Å². The normalized spacial score (nSPS) is 15.6. The van der Waals surface area contributed by atoms with Crippen molar-refractivity contribution < 1.29 is 24.2 Å². The lowest BCUT2D eigenvalue weighted by Crippen LogP contribution is -2.42. The molecule has 13 heteroatoms. The summed E-state index contributed by atoms with van der Waals surface area (Å²) in [4.78, 5) is 45.2. The Labute approximate surface area is 370 Å². The van der Waals surface area contributed by atoms with Crippen LogP contribution in [0.15, 0.2) is 159 Å². The van der Waals surface area contributed by atoms with E-state index in [-0.39, 0.29) is 29.8 Å². The minimum Gasteiger partial charge on any atom is -0.492 e. The summed E-state index contributed by atoms with van der Waals surface area (Å²) < 4.78 is 11.4. The number of hydrogen-bond acceptors (Lipinski definition) is 11. The van der Waals surface area contributed by atoms with Crippen LogP contribution < -0.4 is 20.5 Å². The number of nitrogens with two attached hydrogens (primary N) is 1. The highest BCUT2D eigenvalue weighted by molar-refractivity contribution is 5.79. The Kier molecular flexibility index (Phi) is 18.5. The minimum absolute atomic E-state index is 0.0133. The van der Waals surface area contributed by atoms with Crippen LogP contribution in [0.25, 0.3) is 0 Å². The average molecular weight is 851 g/mol. The second-order valence-electron chi connectivity index (χ2n) is 15.4. The summed E-state index contributed by atoms with van der Waals surface area (Å²) in [5.41, 5.74) is 9.74. The van der Waals surface area contributed by atoms with Gasteiger partial charge in [-0.05, 0) is 136 Å². The molecule has 328 valence electrons. The van der Waals surface area contributed by atoms with E-state index in [9.17, 15) is 9.59 Å². The van der Waals surface area contributed by atoms with Crippen molar-refractivity contribution in [3.05, 3.63) is 181 Å². The number of hydrogen-bond donors (Lipinski definition) is 3. The number of aliphatic carboxylic acids is 1. The Morgan fingerprint density at radius 1 is 0.587 bits per heavy atom. The fraction of sp³-hybridized carbons (Fsp3) is 0.320. The molecule has 4 N–H and O–H groups in total. The first kappa shape index (κ1) is 46.0. The Morgan fingerprint density at radius 3 is 1.49 bits per heavy atom. The first-order chi connectivity index (χ1) is 30.9. The maximum Gasteiger partial charge on any atom is 0.306 e. The molecule has 4 aromatic heterocycles. The highest BCUT2D eigenvalue weighted by atomic mass is 16.5. The Morgan fingerprint density at radius 2 is 1.03 bits per heavy atom. The molecule has 2 saturated heterocycles. The van der Waals surface area contributed by atoms with Crippen molar-refractivity contribution in [3.8, 4) is 11.5 Å². The predicted molar refractivity (Wildman–Crippen MR) is 243 cm³/mol. The number of rotatable bonds is 15. The molecule has 2 unspecified atom stereocenters. The van der Waals surface area contributed by atoms with Crippen LogP contribution in [0.2, 0.25) is 0 Å². The van der Waals surface area contributed by atoms with Gasteiger partial charge in [0.2, 0.25) is 5.91 Å². The van der Waals surface area contributed by atoms with Gasteiger partial charge in [0.15, 0.2) is 0 Å². The van der Waals surface area contributed by atoms with Gasteiger partial charge in [0.25, 0.3) is 0 Å². The summed E-state index contributed by atoms with van der Waals surface area (Å²) in [5, 5.41) is 12.1. The summed E-state index contributed by atoms with van der Waals surface area (Å²) in [6.07, 6.45) is 13.7. The van der Waals surface area contributed by atoms with Gasteiger partial charge in [0.05, 0.1) is 29.4 Å². The van der Waals surface area contributed by atoms with E-state index in [4.69, 9.17) is 20.3 Å². The van der Waals surface area contributed by atoms with Crippen molar-refractivity contribution in [1.82, 2.24) is 35.1 Å². The van der Waals surface area contributed by atoms with E-state index in [0.29, 0.717) is 13.2 Å². The number of nitrogens with one attached hydrogen (secondary N) is 1. The van der Waals surface area contributed by atoms with Crippen molar-refractivity contribution in [2.75, 3.05) is 52.5 Å². The number of carboxylic acid groups (broad SMARTS) is 1. The van der Waals surface area contributed by atoms with Crippen molar-refractivity contribution in [2.45, 2.75) is 37.8 Å². The molecule has 0 radical (unpaired) electrons. The third-order valence-electron chi connectivity index (χ3n) is 11.1. The Hall–Kier alpha value is -6.54. The monoisotopic (exact) mass is 850 g/mol. The highest BCUT2D eigenvalue weighted by Crippen LogP contribution is 2.24. The number of amides is 1. The number of aromatic nitrogens is 4. The molecule has 0 bridgehead atoms. The highest BCUT2D eigenvalue weighted by Gasteiger charge is 2.28. The molecule has 6 heterocycles. The number of pyridine rings is 4. The molecule has 13 nitrogen and oxygen atoms in total. The topological polar surface area (TPSA) is 169 Å². The number of ether oxygens (including phenoxy) is 2. The molecule has 2 aliphatic heterocycles.